The summed E-state index contributed by atoms with van der Waals surface area (Å²) in [7, 11) is 1.61. The van der Waals surface area contributed by atoms with Gasteiger partial charge in [-0.05, 0) is 19.1 Å². The Morgan fingerprint density at radius 3 is 3.04 bits per heavy atom. The van der Waals surface area contributed by atoms with E-state index in [9.17, 15) is 9.59 Å². The highest BCUT2D eigenvalue weighted by Crippen LogP contribution is 2.27. The van der Waals surface area contributed by atoms with Crippen molar-refractivity contribution in [2.45, 2.75) is 19.4 Å². The maximum atomic E-state index is 12.4. The van der Waals surface area contributed by atoms with Gasteiger partial charge in [-0.3, -0.25) is 9.59 Å². The minimum atomic E-state index is -0.339. The quantitative estimate of drug-likeness (QED) is 0.910. The van der Waals surface area contributed by atoms with Crippen LogP contribution in [-0.2, 0) is 14.3 Å². The van der Waals surface area contributed by atoms with Crippen LogP contribution in [0.4, 0.5) is 5.13 Å². The van der Waals surface area contributed by atoms with Gasteiger partial charge in [0.05, 0.1) is 28.8 Å². The molecule has 23 heavy (non-hydrogen) atoms. The molecule has 1 aromatic carbocycles. The van der Waals surface area contributed by atoms with Crippen LogP contribution >= 0.6 is 11.3 Å². The molecule has 1 aliphatic heterocycles. The molecule has 1 saturated heterocycles. The Kier molecular flexibility index (Phi) is 4.58. The van der Waals surface area contributed by atoms with Crippen molar-refractivity contribution < 1.29 is 14.3 Å². The molecule has 2 heterocycles. The van der Waals surface area contributed by atoms with Gasteiger partial charge in [0.1, 0.15) is 0 Å². The van der Waals surface area contributed by atoms with Crippen LogP contribution < -0.4 is 5.32 Å². The second-order valence-electron chi connectivity index (χ2n) is 5.73. The molecule has 0 spiro atoms. The summed E-state index contributed by atoms with van der Waals surface area (Å²) in [6.45, 7) is 2.83. The summed E-state index contributed by atoms with van der Waals surface area (Å²) in [6.07, 6.45) is 0.241. The van der Waals surface area contributed by atoms with Crippen molar-refractivity contribution in [3.63, 3.8) is 0 Å². The lowest BCUT2D eigenvalue weighted by Crippen LogP contribution is -2.38. The lowest BCUT2D eigenvalue weighted by Gasteiger charge is -2.23. The van der Waals surface area contributed by atoms with Crippen LogP contribution in [0.5, 0.6) is 0 Å². The molecule has 122 valence electrons. The van der Waals surface area contributed by atoms with E-state index in [-0.39, 0.29) is 30.2 Å². The fraction of sp³-hybridized carbons (Fsp3) is 0.438. The predicted octanol–water partition coefficient (Wildman–Crippen LogP) is 2.12. The number of carbonyl (C=O) groups excluding carboxylic acids is 2. The molecule has 2 atom stereocenters. The van der Waals surface area contributed by atoms with E-state index in [1.807, 2.05) is 31.2 Å². The fourth-order valence-electron chi connectivity index (χ4n) is 2.80. The number of rotatable bonds is 5. The number of benzene rings is 1. The first-order valence-electron chi connectivity index (χ1n) is 7.53. The maximum absolute atomic E-state index is 12.4. The Morgan fingerprint density at radius 1 is 1.52 bits per heavy atom. The zero-order valence-electron chi connectivity index (χ0n) is 13.1. The molecule has 2 amide bonds. The molecule has 7 heteroatoms. The Bertz CT molecular complexity index is 697. The summed E-state index contributed by atoms with van der Waals surface area (Å²) in [5, 5.41) is 3.42. The number of amides is 2. The molecule has 1 N–H and O–H groups in total. The lowest BCUT2D eigenvalue weighted by atomic mass is 10.1. The van der Waals surface area contributed by atoms with Gasteiger partial charge in [0.2, 0.25) is 11.8 Å². The van der Waals surface area contributed by atoms with E-state index < -0.39 is 0 Å². The molecular formula is C16H19N3O3S. The maximum Gasteiger partial charge on any atom is 0.231 e. The molecule has 0 radical (unpaired) electrons. The normalized spacial score (nSPS) is 19.3. The smallest absolute Gasteiger partial charge is 0.231 e. The van der Waals surface area contributed by atoms with E-state index >= 15 is 0 Å². The second-order valence-corrected chi connectivity index (χ2v) is 6.76. The largest absolute Gasteiger partial charge is 0.383 e. The molecule has 1 aliphatic rings. The Hall–Kier alpha value is -1.99. The zero-order valence-corrected chi connectivity index (χ0v) is 13.9. The van der Waals surface area contributed by atoms with E-state index in [1.165, 1.54) is 11.3 Å². The number of fused-ring (bicyclic) bond motifs is 1. The first kappa shape index (κ1) is 15.9. The van der Waals surface area contributed by atoms with Crippen molar-refractivity contribution in [3.8, 4) is 0 Å². The zero-order chi connectivity index (χ0) is 16.4. The summed E-state index contributed by atoms with van der Waals surface area (Å²) < 4.78 is 6.12. The van der Waals surface area contributed by atoms with Gasteiger partial charge in [0.25, 0.3) is 0 Å². The molecule has 1 aromatic heterocycles. The summed E-state index contributed by atoms with van der Waals surface area (Å²) >= 11 is 1.44. The van der Waals surface area contributed by atoms with Crippen LogP contribution in [0.15, 0.2) is 24.3 Å². The van der Waals surface area contributed by atoms with Gasteiger partial charge in [-0.1, -0.05) is 23.5 Å². The van der Waals surface area contributed by atoms with Crippen LogP contribution in [0.25, 0.3) is 10.2 Å². The molecule has 0 bridgehead atoms. The number of ether oxygens (including phenoxy) is 1. The minimum absolute atomic E-state index is 0.000926. The number of nitrogens with zero attached hydrogens (tertiary/aromatic N) is 2. The van der Waals surface area contributed by atoms with E-state index in [1.54, 1.807) is 12.0 Å². The average Bonchev–Trinajstić information content (AvgIpc) is 3.10. The highest BCUT2D eigenvalue weighted by molar-refractivity contribution is 7.22. The van der Waals surface area contributed by atoms with Gasteiger partial charge < -0.3 is 15.0 Å². The Balaban J connectivity index is 1.65. The number of methoxy groups -OCH3 is 1. The first-order chi connectivity index (χ1) is 11.1. The fourth-order valence-corrected chi connectivity index (χ4v) is 3.67. The molecule has 3 rings (SSSR count). The molecule has 0 aliphatic carbocycles. The van der Waals surface area contributed by atoms with Crippen molar-refractivity contribution >= 4 is 38.5 Å². The van der Waals surface area contributed by atoms with Gasteiger partial charge in [-0.25, -0.2) is 4.98 Å². The first-order valence-corrected chi connectivity index (χ1v) is 8.35. The van der Waals surface area contributed by atoms with Crippen molar-refractivity contribution in [1.82, 2.24) is 9.88 Å². The minimum Gasteiger partial charge on any atom is -0.383 e. The number of hydrogen-bond acceptors (Lipinski definition) is 5. The number of aromatic nitrogens is 1. The SMILES string of the molecule is COC[C@@H](C)N1C[C@H](C(=O)Nc2nc3ccccc3s2)CC1=O. The van der Waals surface area contributed by atoms with E-state index in [0.717, 1.165) is 10.2 Å². The highest BCUT2D eigenvalue weighted by Gasteiger charge is 2.36. The lowest BCUT2D eigenvalue weighted by molar-refractivity contribution is -0.130. The number of hydrogen-bond donors (Lipinski definition) is 1. The average molecular weight is 333 g/mol. The van der Waals surface area contributed by atoms with Crippen LogP contribution in [0.2, 0.25) is 0 Å². The van der Waals surface area contributed by atoms with Crippen LogP contribution in [0.3, 0.4) is 0 Å². The monoisotopic (exact) mass is 333 g/mol. The number of carbonyl (C=O) groups is 2. The predicted molar refractivity (Wildman–Crippen MR) is 89.4 cm³/mol. The third kappa shape index (κ3) is 3.35. The summed E-state index contributed by atoms with van der Waals surface area (Å²) in [4.78, 5) is 30.6. The van der Waals surface area contributed by atoms with Crippen LogP contribution in [0.1, 0.15) is 13.3 Å². The number of likely N-dealkylation sites (tertiary alicyclic amines) is 1. The number of nitrogens with one attached hydrogen (secondary N) is 1. The number of thiazole rings is 1. The molecule has 1 fully saturated rings. The van der Waals surface area contributed by atoms with Crippen molar-refractivity contribution in [3.05, 3.63) is 24.3 Å². The molecule has 0 saturated carbocycles. The van der Waals surface area contributed by atoms with Gasteiger partial charge in [0.15, 0.2) is 5.13 Å². The Morgan fingerprint density at radius 2 is 2.30 bits per heavy atom. The van der Waals surface area contributed by atoms with Gasteiger partial charge in [-0.2, -0.15) is 0 Å². The molecular weight excluding hydrogens is 314 g/mol. The summed E-state index contributed by atoms with van der Waals surface area (Å²) in [6, 6.07) is 7.72. The molecule has 6 nitrogen and oxygen atoms in total. The third-order valence-corrected chi connectivity index (χ3v) is 4.95. The second kappa shape index (κ2) is 6.64. The highest BCUT2D eigenvalue weighted by atomic mass is 32.1. The molecule has 2 aromatic rings. The standard InChI is InChI=1S/C16H19N3O3S/c1-10(9-22-2)19-8-11(7-14(19)20)15(21)18-16-17-12-5-3-4-6-13(12)23-16/h3-6,10-11H,7-9H2,1-2H3,(H,17,18,21)/t10-,11-/m1/s1. The third-order valence-electron chi connectivity index (χ3n) is 3.99. The van der Waals surface area contributed by atoms with Gasteiger partial charge in [-0.15, -0.1) is 0 Å². The topological polar surface area (TPSA) is 71.5 Å². The number of para-hydroxylation sites is 1. The van der Waals surface area contributed by atoms with Gasteiger partial charge in [0, 0.05) is 20.1 Å². The van der Waals surface area contributed by atoms with Crippen LogP contribution in [0, 0.1) is 5.92 Å². The van der Waals surface area contributed by atoms with E-state index in [0.29, 0.717) is 18.3 Å². The van der Waals surface area contributed by atoms with E-state index in [4.69, 9.17) is 4.74 Å². The number of anilines is 1. The van der Waals surface area contributed by atoms with Crippen molar-refractivity contribution in [2.24, 2.45) is 5.92 Å². The molecule has 0 unspecified atom stereocenters. The van der Waals surface area contributed by atoms with Crippen molar-refractivity contribution in [2.75, 3.05) is 25.6 Å². The van der Waals surface area contributed by atoms with Crippen LogP contribution in [-0.4, -0.2) is 48.0 Å². The Labute approximate surface area is 138 Å². The summed E-state index contributed by atoms with van der Waals surface area (Å²) in [5.41, 5.74) is 0.866. The summed E-state index contributed by atoms with van der Waals surface area (Å²) in [5.74, 6) is -0.489. The van der Waals surface area contributed by atoms with E-state index in [2.05, 4.69) is 10.3 Å². The van der Waals surface area contributed by atoms with Crippen molar-refractivity contribution in [1.29, 1.82) is 0 Å². The van der Waals surface area contributed by atoms with Gasteiger partial charge >= 0.3 is 0 Å².